The summed E-state index contributed by atoms with van der Waals surface area (Å²) in [5, 5.41) is 0.555. The first-order valence-electron chi connectivity index (χ1n) is 8.63. The fourth-order valence-corrected chi connectivity index (χ4v) is 4.84. The molecule has 0 bridgehead atoms. The highest BCUT2D eigenvalue weighted by molar-refractivity contribution is 7.92. The van der Waals surface area contributed by atoms with Crippen LogP contribution in [0.4, 0.5) is 5.69 Å². The molecule has 144 valence electrons. The van der Waals surface area contributed by atoms with E-state index in [0.29, 0.717) is 35.3 Å². The lowest BCUT2D eigenvalue weighted by Gasteiger charge is -2.31. The standard InChI is InChI=1S/C19H20Cl2N2O3S/c1-13-3-2-10-23(12-13)19(24)14-4-9-17(21)18(11-14)27(25,26)22-16-7-5-15(20)6-8-16/h4-9,11,13,22H,2-3,10,12H2,1H3. The molecule has 1 atom stereocenters. The van der Waals surface area contributed by atoms with Crippen molar-refractivity contribution in [1.29, 1.82) is 0 Å². The summed E-state index contributed by atoms with van der Waals surface area (Å²) in [7, 11) is -3.95. The molecule has 1 amide bonds. The monoisotopic (exact) mass is 426 g/mol. The second kappa shape index (κ2) is 8.09. The largest absolute Gasteiger partial charge is 0.338 e. The first-order valence-corrected chi connectivity index (χ1v) is 10.9. The van der Waals surface area contributed by atoms with E-state index in [1.807, 2.05) is 0 Å². The number of rotatable bonds is 4. The van der Waals surface area contributed by atoms with E-state index >= 15 is 0 Å². The van der Waals surface area contributed by atoms with E-state index in [2.05, 4.69) is 11.6 Å². The van der Waals surface area contributed by atoms with E-state index in [1.165, 1.54) is 12.1 Å². The molecule has 1 aliphatic rings. The van der Waals surface area contributed by atoms with Gasteiger partial charge in [-0.05, 0) is 61.2 Å². The number of nitrogens with one attached hydrogen (secondary N) is 1. The van der Waals surface area contributed by atoms with Crippen LogP contribution in [0.25, 0.3) is 0 Å². The first-order chi connectivity index (χ1) is 12.8. The van der Waals surface area contributed by atoms with Gasteiger partial charge in [0.1, 0.15) is 4.90 Å². The molecule has 2 aromatic rings. The average molecular weight is 427 g/mol. The maximum atomic E-state index is 12.8. The zero-order valence-corrected chi connectivity index (χ0v) is 17.1. The van der Waals surface area contributed by atoms with Crippen LogP contribution < -0.4 is 4.72 Å². The number of carbonyl (C=O) groups is 1. The van der Waals surface area contributed by atoms with Crippen molar-refractivity contribution in [2.45, 2.75) is 24.7 Å². The Morgan fingerprint density at radius 2 is 1.85 bits per heavy atom. The SMILES string of the molecule is CC1CCCN(C(=O)c2ccc(Cl)c(S(=O)(=O)Nc3ccc(Cl)cc3)c2)C1. The third-order valence-electron chi connectivity index (χ3n) is 4.51. The molecule has 0 spiro atoms. The molecule has 1 unspecified atom stereocenters. The van der Waals surface area contributed by atoms with E-state index in [4.69, 9.17) is 23.2 Å². The number of likely N-dealkylation sites (tertiary alicyclic amines) is 1. The highest BCUT2D eigenvalue weighted by Crippen LogP contribution is 2.27. The van der Waals surface area contributed by atoms with E-state index in [-0.39, 0.29) is 15.8 Å². The Hall–Kier alpha value is -1.76. The lowest BCUT2D eigenvalue weighted by atomic mass is 9.99. The molecule has 1 fully saturated rings. The van der Waals surface area contributed by atoms with E-state index in [1.54, 1.807) is 35.2 Å². The molecule has 1 N–H and O–H groups in total. The van der Waals surface area contributed by atoms with Crippen LogP contribution in [0, 0.1) is 5.92 Å². The van der Waals surface area contributed by atoms with Crippen molar-refractivity contribution >= 4 is 44.8 Å². The average Bonchev–Trinajstić information content (AvgIpc) is 2.63. The third-order valence-corrected chi connectivity index (χ3v) is 6.62. The van der Waals surface area contributed by atoms with Gasteiger partial charge in [-0.3, -0.25) is 9.52 Å². The Kier molecular flexibility index (Phi) is 5.99. The maximum absolute atomic E-state index is 12.8. The molecule has 8 heteroatoms. The minimum absolute atomic E-state index is 0.0556. The van der Waals surface area contributed by atoms with Gasteiger partial charge in [0.2, 0.25) is 0 Å². The van der Waals surface area contributed by atoms with Crippen LogP contribution in [-0.4, -0.2) is 32.3 Å². The zero-order valence-electron chi connectivity index (χ0n) is 14.8. The van der Waals surface area contributed by atoms with Crippen LogP contribution in [0.15, 0.2) is 47.4 Å². The zero-order chi connectivity index (χ0) is 19.6. The predicted molar refractivity (Wildman–Crippen MR) is 108 cm³/mol. The van der Waals surface area contributed by atoms with Gasteiger partial charge in [-0.2, -0.15) is 0 Å². The fourth-order valence-electron chi connectivity index (χ4n) is 3.13. The van der Waals surface area contributed by atoms with Gasteiger partial charge in [-0.15, -0.1) is 0 Å². The number of piperidine rings is 1. The summed E-state index contributed by atoms with van der Waals surface area (Å²) >= 11 is 11.9. The van der Waals surface area contributed by atoms with Crippen LogP contribution in [0.2, 0.25) is 10.0 Å². The summed E-state index contributed by atoms with van der Waals surface area (Å²) in [6, 6.07) is 10.6. The minimum atomic E-state index is -3.95. The Balaban J connectivity index is 1.88. The summed E-state index contributed by atoms with van der Waals surface area (Å²) in [5.74, 6) is 0.255. The number of halogens is 2. The molecule has 5 nitrogen and oxygen atoms in total. The van der Waals surface area contributed by atoms with Gasteiger partial charge < -0.3 is 4.90 Å². The molecule has 0 radical (unpaired) electrons. The van der Waals surface area contributed by atoms with Gasteiger partial charge in [-0.25, -0.2) is 8.42 Å². The van der Waals surface area contributed by atoms with Crippen molar-refractivity contribution in [3.8, 4) is 0 Å². The number of nitrogens with zero attached hydrogens (tertiary/aromatic N) is 1. The Morgan fingerprint density at radius 1 is 1.15 bits per heavy atom. The Morgan fingerprint density at radius 3 is 2.52 bits per heavy atom. The fraction of sp³-hybridized carbons (Fsp3) is 0.316. The highest BCUT2D eigenvalue weighted by Gasteiger charge is 2.25. The molecule has 0 aromatic heterocycles. The highest BCUT2D eigenvalue weighted by atomic mass is 35.5. The van der Waals surface area contributed by atoms with Gasteiger partial charge in [-0.1, -0.05) is 30.1 Å². The molecule has 1 saturated heterocycles. The van der Waals surface area contributed by atoms with Crippen molar-refractivity contribution in [2.75, 3.05) is 17.8 Å². The summed E-state index contributed by atoms with van der Waals surface area (Å²) in [6.45, 7) is 3.46. The van der Waals surface area contributed by atoms with Gasteiger partial charge in [0.25, 0.3) is 15.9 Å². The van der Waals surface area contributed by atoms with Crippen molar-refractivity contribution in [3.05, 3.63) is 58.1 Å². The quantitative estimate of drug-likeness (QED) is 0.772. The lowest BCUT2D eigenvalue weighted by molar-refractivity contribution is 0.0683. The number of hydrogen-bond acceptors (Lipinski definition) is 3. The minimum Gasteiger partial charge on any atom is -0.338 e. The summed E-state index contributed by atoms with van der Waals surface area (Å²) in [4.78, 5) is 14.4. The molecule has 1 heterocycles. The molecule has 1 aliphatic heterocycles. The number of amides is 1. The van der Waals surface area contributed by atoms with Crippen LogP contribution >= 0.6 is 23.2 Å². The van der Waals surface area contributed by atoms with Crippen molar-refractivity contribution in [1.82, 2.24) is 4.90 Å². The van der Waals surface area contributed by atoms with Crippen LogP contribution in [-0.2, 0) is 10.0 Å². The van der Waals surface area contributed by atoms with E-state index < -0.39 is 10.0 Å². The second-order valence-electron chi connectivity index (χ2n) is 6.76. The molecule has 2 aromatic carbocycles. The number of benzene rings is 2. The van der Waals surface area contributed by atoms with Crippen molar-refractivity contribution in [2.24, 2.45) is 5.92 Å². The molecule has 0 aliphatic carbocycles. The van der Waals surface area contributed by atoms with E-state index in [0.717, 1.165) is 12.8 Å². The van der Waals surface area contributed by atoms with E-state index in [9.17, 15) is 13.2 Å². The number of sulfonamides is 1. The summed E-state index contributed by atoms with van der Waals surface area (Å²) < 4.78 is 28.0. The molecular formula is C19H20Cl2N2O3S. The second-order valence-corrected chi connectivity index (χ2v) is 9.25. The van der Waals surface area contributed by atoms with Crippen LogP contribution in [0.1, 0.15) is 30.1 Å². The van der Waals surface area contributed by atoms with Crippen molar-refractivity contribution < 1.29 is 13.2 Å². The maximum Gasteiger partial charge on any atom is 0.263 e. The molecular weight excluding hydrogens is 407 g/mol. The number of anilines is 1. The van der Waals surface area contributed by atoms with Gasteiger partial charge in [0.05, 0.1) is 5.02 Å². The number of carbonyl (C=O) groups excluding carboxylic acids is 1. The van der Waals surface area contributed by atoms with Gasteiger partial charge >= 0.3 is 0 Å². The Bertz CT molecular complexity index is 946. The smallest absolute Gasteiger partial charge is 0.263 e. The van der Waals surface area contributed by atoms with Gasteiger partial charge in [0.15, 0.2) is 0 Å². The molecule has 27 heavy (non-hydrogen) atoms. The number of hydrogen-bond donors (Lipinski definition) is 1. The Labute approximate surface area is 169 Å². The first kappa shape index (κ1) is 20.0. The topological polar surface area (TPSA) is 66.5 Å². The van der Waals surface area contributed by atoms with Crippen molar-refractivity contribution in [3.63, 3.8) is 0 Å². The summed E-state index contributed by atoms with van der Waals surface area (Å²) in [5.41, 5.74) is 0.669. The molecule has 3 rings (SSSR count). The molecule has 0 saturated carbocycles. The predicted octanol–water partition coefficient (Wildman–Crippen LogP) is 4.67. The lowest BCUT2D eigenvalue weighted by Crippen LogP contribution is -2.39. The van der Waals surface area contributed by atoms with Crippen LogP contribution in [0.3, 0.4) is 0 Å². The van der Waals surface area contributed by atoms with Crippen LogP contribution in [0.5, 0.6) is 0 Å². The normalized spacial score (nSPS) is 17.6. The third kappa shape index (κ3) is 4.75. The van der Waals surface area contributed by atoms with Gasteiger partial charge in [0, 0.05) is 29.4 Å². The summed E-state index contributed by atoms with van der Waals surface area (Å²) in [6.07, 6.45) is 2.04.